The molecule has 0 bridgehead atoms. The molecule has 0 aromatic heterocycles. The first-order chi connectivity index (χ1) is 9.16. The summed E-state index contributed by atoms with van der Waals surface area (Å²) in [5, 5.41) is 0.791. The Labute approximate surface area is 120 Å². The highest BCUT2D eigenvalue weighted by Crippen LogP contribution is 2.18. The van der Waals surface area contributed by atoms with E-state index in [9.17, 15) is 4.79 Å². The van der Waals surface area contributed by atoms with E-state index in [1.54, 1.807) is 0 Å². The Kier molecular flexibility index (Phi) is 5.26. The molecule has 1 fully saturated rings. The molecule has 0 saturated carbocycles. The predicted molar refractivity (Wildman–Crippen MR) is 79.6 cm³/mol. The lowest BCUT2D eigenvalue weighted by molar-refractivity contribution is -0.131. The molecule has 1 saturated heterocycles. The lowest BCUT2D eigenvalue weighted by Crippen LogP contribution is -2.31. The maximum atomic E-state index is 12.2. The van der Waals surface area contributed by atoms with Crippen LogP contribution in [0.15, 0.2) is 18.2 Å². The fourth-order valence-corrected chi connectivity index (χ4v) is 2.72. The topological polar surface area (TPSA) is 20.3 Å². The van der Waals surface area contributed by atoms with Gasteiger partial charge in [0.1, 0.15) is 0 Å². The molecule has 0 radical (unpaired) electrons. The zero-order valence-electron chi connectivity index (χ0n) is 11.6. The zero-order chi connectivity index (χ0) is 13.7. The van der Waals surface area contributed by atoms with Crippen LogP contribution in [0.25, 0.3) is 0 Å². The van der Waals surface area contributed by atoms with Crippen molar-refractivity contribution in [3.63, 3.8) is 0 Å². The van der Waals surface area contributed by atoms with Gasteiger partial charge >= 0.3 is 0 Å². The summed E-state index contributed by atoms with van der Waals surface area (Å²) in [6.45, 7) is 3.87. The maximum absolute atomic E-state index is 12.2. The second-order valence-corrected chi connectivity index (χ2v) is 5.79. The van der Waals surface area contributed by atoms with E-state index < -0.39 is 0 Å². The molecule has 1 amide bonds. The molecule has 0 aliphatic carbocycles. The summed E-state index contributed by atoms with van der Waals surface area (Å²) in [6, 6.07) is 6.07. The predicted octanol–water partition coefficient (Wildman–Crippen LogP) is 3.98. The average molecular weight is 280 g/mol. The highest BCUT2D eigenvalue weighted by atomic mass is 35.5. The number of halogens is 1. The molecule has 0 spiro atoms. The van der Waals surface area contributed by atoms with Gasteiger partial charge in [0.05, 0.1) is 0 Å². The Morgan fingerprint density at radius 2 is 1.89 bits per heavy atom. The minimum Gasteiger partial charge on any atom is -0.343 e. The summed E-state index contributed by atoms with van der Waals surface area (Å²) in [6.07, 6.45) is 6.22. The molecule has 0 unspecified atom stereocenters. The Morgan fingerprint density at radius 3 is 2.53 bits per heavy atom. The van der Waals surface area contributed by atoms with Crippen molar-refractivity contribution in [1.29, 1.82) is 0 Å². The lowest BCUT2D eigenvalue weighted by atomic mass is 10.1. The minimum atomic E-state index is 0.290. The van der Waals surface area contributed by atoms with Crippen LogP contribution in [0.5, 0.6) is 0 Å². The third kappa shape index (κ3) is 4.24. The molecule has 0 atom stereocenters. The molecule has 1 aliphatic rings. The number of carbonyl (C=O) groups excluding carboxylic acids is 1. The first-order valence-electron chi connectivity index (χ1n) is 7.19. The van der Waals surface area contributed by atoms with Gasteiger partial charge in [0.15, 0.2) is 0 Å². The number of likely N-dealkylation sites (tertiary alicyclic amines) is 1. The summed E-state index contributed by atoms with van der Waals surface area (Å²) in [7, 11) is 0. The van der Waals surface area contributed by atoms with Gasteiger partial charge in [-0.15, -0.1) is 0 Å². The molecule has 0 N–H and O–H groups in total. The third-order valence-electron chi connectivity index (χ3n) is 3.82. The summed E-state index contributed by atoms with van der Waals surface area (Å²) < 4.78 is 0. The Morgan fingerprint density at radius 1 is 1.21 bits per heavy atom. The SMILES string of the molecule is Cc1ccc(CCC(=O)N2CCCCCC2)cc1Cl. The maximum Gasteiger partial charge on any atom is 0.222 e. The number of benzene rings is 1. The normalized spacial score (nSPS) is 16.2. The Bertz CT molecular complexity index is 436. The first kappa shape index (κ1) is 14.4. The zero-order valence-corrected chi connectivity index (χ0v) is 12.4. The summed E-state index contributed by atoms with van der Waals surface area (Å²) >= 11 is 6.10. The molecule has 3 heteroatoms. The summed E-state index contributed by atoms with van der Waals surface area (Å²) in [5.41, 5.74) is 2.24. The average Bonchev–Trinajstić information content (AvgIpc) is 2.69. The molecule has 1 aromatic rings. The standard InChI is InChI=1S/C16H22ClNO/c1-13-6-7-14(12-15(13)17)8-9-16(19)18-10-4-2-3-5-11-18/h6-7,12H,2-5,8-11H2,1H3. The van der Waals surface area contributed by atoms with Crippen molar-refractivity contribution in [3.05, 3.63) is 34.3 Å². The van der Waals surface area contributed by atoms with Crippen LogP contribution in [0.2, 0.25) is 5.02 Å². The molecule has 19 heavy (non-hydrogen) atoms. The monoisotopic (exact) mass is 279 g/mol. The number of rotatable bonds is 3. The van der Waals surface area contributed by atoms with Crippen molar-refractivity contribution in [1.82, 2.24) is 4.90 Å². The van der Waals surface area contributed by atoms with Crippen molar-refractivity contribution in [3.8, 4) is 0 Å². The van der Waals surface area contributed by atoms with Gasteiger partial charge in [0.2, 0.25) is 5.91 Å². The van der Waals surface area contributed by atoms with Gasteiger partial charge in [-0.3, -0.25) is 4.79 Å². The van der Waals surface area contributed by atoms with Crippen LogP contribution in [-0.2, 0) is 11.2 Å². The largest absolute Gasteiger partial charge is 0.343 e. The Balaban J connectivity index is 1.86. The van der Waals surface area contributed by atoms with Gasteiger partial charge in [0, 0.05) is 24.5 Å². The molecular weight excluding hydrogens is 258 g/mol. The molecule has 2 nitrogen and oxygen atoms in total. The Hall–Kier alpha value is -1.02. The molecule has 1 aliphatic heterocycles. The van der Waals surface area contributed by atoms with E-state index in [-0.39, 0.29) is 0 Å². The highest BCUT2D eigenvalue weighted by molar-refractivity contribution is 6.31. The van der Waals surface area contributed by atoms with Crippen LogP contribution in [0.1, 0.15) is 43.2 Å². The fraction of sp³-hybridized carbons (Fsp3) is 0.562. The van der Waals surface area contributed by atoms with Gasteiger partial charge in [-0.05, 0) is 43.4 Å². The number of nitrogens with zero attached hydrogens (tertiary/aromatic N) is 1. The number of amides is 1. The summed E-state index contributed by atoms with van der Waals surface area (Å²) in [4.78, 5) is 14.2. The van der Waals surface area contributed by atoms with E-state index in [1.807, 2.05) is 24.0 Å². The van der Waals surface area contributed by atoms with Gasteiger partial charge in [-0.2, -0.15) is 0 Å². The van der Waals surface area contributed by atoms with E-state index in [2.05, 4.69) is 6.07 Å². The second kappa shape index (κ2) is 6.95. The van der Waals surface area contributed by atoms with E-state index in [4.69, 9.17) is 11.6 Å². The van der Waals surface area contributed by atoms with Crippen LogP contribution in [0.4, 0.5) is 0 Å². The highest BCUT2D eigenvalue weighted by Gasteiger charge is 2.15. The van der Waals surface area contributed by atoms with E-state index >= 15 is 0 Å². The van der Waals surface area contributed by atoms with Crippen LogP contribution in [-0.4, -0.2) is 23.9 Å². The summed E-state index contributed by atoms with van der Waals surface area (Å²) in [5.74, 6) is 0.290. The van der Waals surface area contributed by atoms with E-state index in [0.717, 1.165) is 48.5 Å². The second-order valence-electron chi connectivity index (χ2n) is 5.38. The quantitative estimate of drug-likeness (QED) is 0.819. The van der Waals surface area contributed by atoms with Crippen LogP contribution < -0.4 is 0 Å². The number of carbonyl (C=O) groups is 1. The van der Waals surface area contributed by atoms with Crippen molar-refractivity contribution < 1.29 is 4.79 Å². The van der Waals surface area contributed by atoms with Crippen molar-refractivity contribution >= 4 is 17.5 Å². The van der Waals surface area contributed by atoms with Gasteiger partial charge in [-0.1, -0.05) is 36.6 Å². The molecule has 104 valence electrons. The van der Waals surface area contributed by atoms with E-state index in [0.29, 0.717) is 12.3 Å². The van der Waals surface area contributed by atoms with Gasteiger partial charge < -0.3 is 4.90 Å². The smallest absolute Gasteiger partial charge is 0.222 e. The molecule has 1 aromatic carbocycles. The lowest BCUT2D eigenvalue weighted by Gasteiger charge is -2.20. The van der Waals surface area contributed by atoms with Crippen molar-refractivity contribution in [2.24, 2.45) is 0 Å². The molecule has 1 heterocycles. The number of hydrogen-bond acceptors (Lipinski definition) is 1. The van der Waals surface area contributed by atoms with Crippen LogP contribution >= 0.6 is 11.6 Å². The number of aryl methyl sites for hydroxylation is 2. The first-order valence-corrected chi connectivity index (χ1v) is 7.57. The minimum absolute atomic E-state index is 0.290. The van der Waals surface area contributed by atoms with Crippen molar-refractivity contribution in [2.75, 3.05) is 13.1 Å². The van der Waals surface area contributed by atoms with Gasteiger partial charge in [-0.25, -0.2) is 0 Å². The number of hydrogen-bond donors (Lipinski definition) is 0. The van der Waals surface area contributed by atoms with Crippen LogP contribution in [0.3, 0.4) is 0 Å². The molecular formula is C16H22ClNO. The molecule has 2 rings (SSSR count). The van der Waals surface area contributed by atoms with Crippen molar-refractivity contribution in [2.45, 2.75) is 45.4 Å². The fourth-order valence-electron chi connectivity index (χ4n) is 2.52. The van der Waals surface area contributed by atoms with Crippen LogP contribution in [0, 0.1) is 6.92 Å². The third-order valence-corrected chi connectivity index (χ3v) is 4.23. The van der Waals surface area contributed by atoms with E-state index in [1.165, 1.54) is 12.8 Å². The van der Waals surface area contributed by atoms with Gasteiger partial charge in [0.25, 0.3) is 0 Å².